The number of benzene rings is 1. The molecule has 1 heterocycles. The molecule has 0 aromatic heterocycles. The van der Waals surface area contributed by atoms with Crippen LogP contribution in [0.3, 0.4) is 0 Å². The van der Waals surface area contributed by atoms with E-state index in [1.54, 1.807) is 13.0 Å². The smallest absolute Gasteiger partial charge is 0.245 e. The maximum atomic E-state index is 11.2. The number of amides is 1. The summed E-state index contributed by atoms with van der Waals surface area (Å²) >= 11 is 0. The first kappa shape index (κ1) is 8.07. The fourth-order valence-electron chi connectivity index (χ4n) is 1.36. The van der Waals surface area contributed by atoms with Gasteiger partial charge in [-0.3, -0.25) is 4.79 Å². The maximum absolute atomic E-state index is 11.2. The van der Waals surface area contributed by atoms with Crippen LogP contribution in [0, 0.1) is 0 Å². The molecule has 0 bridgehead atoms. The van der Waals surface area contributed by atoms with Crippen molar-refractivity contribution >= 4 is 5.91 Å². The van der Waals surface area contributed by atoms with Gasteiger partial charge in [-0.25, -0.2) is 0 Å². The molecule has 1 unspecified atom stereocenters. The molecule has 1 aliphatic heterocycles. The van der Waals surface area contributed by atoms with E-state index in [0.717, 1.165) is 5.56 Å². The van der Waals surface area contributed by atoms with Gasteiger partial charge in [-0.05, 0) is 13.0 Å². The van der Waals surface area contributed by atoms with Gasteiger partial charge < -0.3 is 10.6 Å². The van der Waals surface area contributed by atoms with Crippen molar-refractivity contribution < 1.29 is 9.63 Å². The van der Waals surface area contributed by atoms with E-state index in [1.807, 2.05) is 18.2 Å². The Morgan fingerprint density at radius 3 is 2.92 bits per heavy atom. The Morgan fingerprint density at radius 2 is 2.23 bits per heavy atom. The van der Waals surface area contributed by atoms with Gasteiger partial charge in [0, 0.05) is 5.56 Å². The minimum atomic E-state index is -0.906. The number of fused-ring (bicyclic) bond motifs is 1. The quantitative estimate of drug-likeness (QED) is 0.649. The van der Waals surface area contributed by atoms with Crippen LogP contribution < -0.4 is 16.1 Å². The standard InChI is InChI=1S/C9H10N2O2/c1-9(8(10)12)6-4-2-3-5-7(6)13-11-9/h2-5,11H,1H3,(H2,10,12). The second-order valence-electron chi connectivity index (χ2n) is 3.19. The molecular weight excluding hydrogens is 168 g/mol. The third kappa shape index (κ3) is 0.990. The lowest BCUT2D eigenvalue weighted by Gasteiger charge is -2.17. The number of para-hydroxylation sites is 1. The van der Waals surface area contributed by atoms with Gasteiger partial charge in [0.05, 0.1) is 0 Å². The molecule has 2 rings (SSSR count). The van der Waals surface area contributed by atoms with E-state index in [-0.39, 0.29) is 0 Å². The molecule has 0 fully saturated rings. The molecule has 1 atom stereocenters. The number of nitrogens with one attached hydrogen (secondary N) is 1. The van der Waals surface area contributed by atoms with Crippen LogP contribution in [-0.4, -0.2) is 5.91 Å². The molecule has 0 spiro atoms. The summed E-state index contributed by atoms with van der Waals surface area (Å²) in [6.07, 6.45) is 0. The molecule has 1 aromatic rings. The first-order chi connectivity index (χ1) is 6.14. The van der Waals surface area contributed by atoms with Crippen molar-refractivity contribution in [1.82, 2.24) is 5.48 Å². The minimum Gasteiger partial charge on any atom is -0.407 e. The molecule has 68 valence electrons. The fraction of sp³-hybridized carbons (Fsp3) is 0.222. The second kappa shape index (κ2) is 2.47. The van der Waals surface area contributed by atoms with Crippen molar-refractivity contribution in [3.63, 3.8) is 0 Å². The number of carbonyl (C=O) groups is 1. The average molecular weight is 178 g/mol. The summed E-state index contributed by atoms with van der Waals surface area (Å²) in [6, 6.07) is 7.29. The van der Waals surface area contributed by atoms with Crippen molar-refractivity contribution in [2.45, 2.75) is 12.5 Å². The maximum Gasteiger partial charge on any atom is 0.245 e. The SMILES string of the molecule is CC1(C(N)=O)NOc2ccccc21. The van der Waals surface area contributed by atoms with Crippen molar-refractivity contribution in [2.75, 3.05) is 0 Å². The summed E-state index contributed by atoms with van der Waals surface area (Å²) < 4.78 is 0. The Labute approximate surface area is 75.6 Å². The van der Waals surface area contributed by atoms with Crippen molar-refractivity contribution in [3.05, 3.63) is 29.8 Å². The van der Waals surface area contributed by atoms with E-state index in [1.165, 1.54) is 0 Å². The summed E-state index contributed by atoms with van der Waals surface area (Å²) in [4.78, 5) is 16.3. The average Bonchev–Trinajstić information content (AvgIpc) is 2.47. The van der Waals surface area contributed by atoms with Gasteiger partial charge >= 0.3 is 0 Å². The molecule has 1 amide bonds. The third-order valence-corrected chi connectivity index (χ3v) is 2.28. The molecule has 13 heavy (non-hydrogen) atoms. The highest BCUT2D eigenvalue weighted by Crippen LogP contribution is 2.34. The first-order valence-corrected chi connectivity index (χ1v) is 3.98. The Hall–Kier alpha value is -1.55. The Morgan fingerprint density at radius 1 is 1.54 bits per heavy atom. The van der Waals surface area contributed by atoms with E-state index >= 15 is 0 Å². The zero-order valence-corrected chi connectivity index (χ0v) is 7.20. The van der Waals surface area contributed by atoms with Crippen LogP contribution >= 0.6 is 0 Å². The van der Waals surface area contributed by atoms with E-state index in [4.69, 9.17) is 10.6 Å². The molecule has 1 aromatic carbocycles. The lowest BCUT2D eigenvalue weighted by Crippen LogP contribution is -2.47. The highest BCUT2D eigenvalue weighted by Gasteiger charge is 2.41. The van der Waals surface area contributed by atoms with Gasteiger partial charge in [0.1, 0.15) is 0 Å². The number of hydrogen-bond acceptors (Lipinski definition) is 3. The van der Waals surface area contributed by atoms with Gasteiger partial charge in [0.15, 0.2) is 11.3 Å². The largest absolute Gasteiger partial charge is 0.407 e. The summed E-state index contributed by atoms with van der Waals surface area (Å²) in [5.41, 5.74) is 7.76. The molecule has 4 nitrogen and oxygen atoms in total. The van der Waals surface area contributed by atoms with Crippen molar-refractivity contribution in [2.24, 2.45) is 5.73 Å². The highest BCUT2D eigenvalue weighted by atomic mass is 16.7. The van der Waals surface area contributed by atoms with Crippen LogP contribution in [-0.2, 0) is 10.3 Å². The van der Waals surface area contributed by atoms with Crippen molar-refractivity contribution in [1.29, 1.82) is 0 Å². The van der Waals surface area contributed by atoms with E-state index in [0.29, 0.717) is 5.75 Å². The Bertz CT molecular complexity index is 364. The number of primary amides is 1. The highest BCUT2D eigenvalue weighted by molar-refractivity contribution is 5.87. The Kier molecular flexibility index (Phi) is 1.53. The molecule has 3 N–H and O–H groups in total. The number of hydrogen-bond donors (Lipinski definition) is 2. The number of rotatable bonds is 1. The molecule has 1 aliphatic rings. The minimum absolute atomic E-state index is 0.447. The predicted octanol–water partition coefficient (Wildman–Crippen LogP) is 0.284. The van der Waals surface area contributed by atoms with Crippen LogP contribution in [0.5, 0.6) is 5.75 Å². The lowest BCUT2D eigenvalue weighted by atomic mass is 9.93. The molecular formula is C9H10N2O2. The summed E-state index contributed by atoms with van der Waals surface area (Å²) in [7, 11) is 0. The van der Waals surface area contributed by atoms with Crippen LogP contribution in [0.25, 0.3) is 0 Å². The van der Waals surface area contributed by atoms with E-state index in [2.05, 4.69) is 5.48 Å². The summed E-state index contributed by atoms with van der Waals surface area (Å²) in [5, 5.41) is 0. The van der Waals surface area contributed by atoms with Crippen LogP contribution in [0.1, 0.15) is 12.5 Å². The second-order valence-corrected chi connectivity index (χ2v) is 3.19. The molecule has 0 saturated carbocycles. The predicted molar refractivity (Wildman–Crippen MR) is 46.8 cm³/mol. The zero-order valence-electron chi connectivity index (χ0n) is 7.20. The van der Waals surface area contributed by atoms with Gasteiger partial charge in [0.25, 0.3) is 0 Å². The number of hydroxylamine groups is 1. The lowest BCUT2D eigenvalue weighted by molar-refractivity contribution is -0.126. The van der Waals surface area contributed by atoms with Crippen LogP contribution in [0.2, 0.25) is 0 Å². The van der Waals surface area contributed by atoms with Crippen LogP contribution in [0.4, 0.5) is 0 Å². The van der Waals surface area contributed by atoms with Gasteiger partial charge in [0.2, 0.25) is 5.91 Å². The summed E-state index contributed by atoms with van der Waals surface area (Å²) in [6.45, 7) is 1.70. The normalized spacial score (nSPS) is 25.0. The molecule has 0 radical (unpaired) electrons. The number of nitrogens with two attached hydrogens (primary N) is 1. The number of carbonyl (C=O) groups excluding carboxylic acids is 1. The molecule has 0 saturated heterocycles. The Balaban J connectivity index is 2.55. The van der Waals surface area contributed by atoms with Crippen molar-refractivity contribution in [3.8, 4) is 5.75 Å². The van der Waals surface area contributed by atoms with Gasteiger partial charge in [-0.2, -0.15) is 0 Å². The van der Waals surface area contributed by atoms with E-state index in [9.17, 15) is 4.79 Å². The van der Waals surface area contributed by atoms with Gasteiger partial charge in [-0.1, -0.05) is 18.2 Å². The van der Waals surface area contributed by atoms with Crippen LogP contribution in [0.15, 0.2) is 24.3 Å². The first-order valence-electron chi connectivity index (χ1n) is 3.98. The van der Waals surface area contributed by atoms with E-state index < -0.39 is 11.4 Å². The van der Waals surface area contributed by atoms with Gasteiger partial charge in [-0.15, -0.1) is 5.48 Å². The monoisotopic (exact) mass is 178 g/mol. The fourth-order valence-corrected chi connectivity index (χ4v) is 1.36. The molecule has 4 heteroatoms. The zero-order chi connectivity index (χ0) is 9.47. The topological polar surface area (TPSA) is 64.4 Å². The summed E-state index contributed by atoms with van der Waals surface area (Å²) in [5.74, 6) is 0.209. The third-order valence-electron chi connectivity index (χ3n) is 2.28. The molecule has 0 aliphatic carbocycles.